The first-order valence-electron chi connectivity index (χ1n) is 7.87. The van der Waals surface area contributed by atoms with Crippen LogP contribution in [-0.4, -0.2) is 9.97 Å². The van der Waals surface area contributed by atoms with E-state index < -0.39 is 0 Å². The lowest BCUT2D eigenvalue weighted by Gasteiger charge is -2.22. The van der Waals surface area contributed by atoms with Gasteiger partial charge in [0.15, 0.2) is 0 Å². The number of aryl methyl sites for hydroxylation is 2. The minimum atomic E-state index is 1.17. The second kappa shape index (κ2) is 5.01. The van der Waals surface area contributed by atoms with Crippen molar-refractivity contribution < 1.29 is 0 Å². The third-order valence-corrected chi connectivity index (χ3v) is 4.78. The van der Waals surface area contributed by atoms with Crippen LogP contribution >= 0.6 is 0 Å². The maximum absolute atomic E-state index is 4.71. The van der Waals surface area contributed by atoms with Crippen LogP contribution in [0.3, 0.4) is 0 Å². The number of hydrogen-bond acceptors (Lipinski definition) is 2. The molecule has 2 aromatic rings. The van der Waals surface area contributed by atoms with Crippen LogP contribution in [0, 0.1) is 0 Å². The number of rotatable bonds is 1. The second-order valence-electron chi connectivity index (χ2n) is 6.01. The molecule has 2 aliphatic rings. The molecule has 4 rings (SSSR count). The highest BCUT2D eigenvalue weighted by atomic mass is 14.8. The number of fused-ring (bicyclic) bond motifs is 2. The highest BCUT2D eigenvalue weighted by Crippen LogP contribution is 2.33. The standard InChI is InChI=1S/C18H20N2/c1-3-7-15-13(5-1)9-11-19-17(15)18-16-8-4-2-6-14(16)10-12-20-18/h9-12H,1-8H2. The molecule has 0 spiro atoms. The van der Waals surface area contributed by atoms with Crippen molar-refractivity contribution in [3.8, 4) is 11.4 Å². The van der Waals surface area contributed by atoms with E-state index in [0.29, 0.717) is 0 Å². The number of pyridine rings is 2. The van der Waals surface area contributed by atoms with Gasteiger partial charge in [0.1, 0.15) is 0 Å². The van der Waals surface area contributed by atoms with Crippen LogP contribution in [0.5, 0.6) is 0 Å². The fourth-order valence-corrected chi connectivity index (χ4v) is 3.73. The molecule has 0 unspecified atom stereocenters. The molecule has 0 bridgehead atoms. The van der Waals surface area contributed by atoms with Gasteiger partial charge in [0.25, 0.3) is 0 Å². The van der Waals surface area contributed by atoms with E-state index in [4.69, 9.17) is 9.97 Å². The van der Waals surface area contributed by atoms with Crippen molar-refractivity contribution in [2.45, 2.75) is 51.4 Å². The summed E-state index contributed by atoms with van der Waals surface area (Å²) in [7, 11) is 0. The molecule has 102 valence electrons. The average molecular weight is 264 g/mol. The zero-order valence-electron chi connectivity index (χ0n) is 11.9. The fourth-order valence-electron chi connectivity index (χ4n) is 3.73. The van der Waals surface area contributed by atoms with Gasteiger partial charge in [-0.3, -0.25) is 9.97 Å². The van der Waals surface area contributed by atoms with Crippen molar-refractivity contribution in [3.05, 3.63) is 46.8 Å². The van der Waals surface area contributed by atoms with Crippen molar-refractivity contribution in [2.24, 2.45) is 0 Å². The number of hydrogen-bond donors (Lipinski definition) is 0. The van der Waals surface area contributed by atoms with Gasteiger partial charge in [0, 0.05) is 12.4 Å². The van der Waals surface area contributed by atoms with Crippen LogP contribution in [0.4, 0.5) is 0 Å². The van der Waals surface area contributed by atoms with E-state index in [2.05, 4.69) is 12.1 Å². The molecule has 0 amide bonds. The van der Waals surface area contributed by atoms with E-state index in [1.54, 1.807) is 0 Å². The third-order valence-electron chi connectivity index (χ3n) is 4.78. The van der Waals surface area contributed by atoms with E-state index in [9.17, 15) is 0 Å². The fraction of sp³-hybridized carbons (Fsp3) is 0.444. The molecule has 2 heterocycles. The second-order valence-corrected chi connectivity index (χ2v) is 6.01. The minimum Gasteiger partial charge on any atom is -0.254 e. The quantitative estimate of drug-likeness (QED) is 0.780. The van der Waals surface area contributed by atoms with Crippen molar-refractivity contribution in [2.75, 3.05) is 0 Å². The molecule has 2 aliphatic carbocycles. The Balaban J connectivity index is 1.90. The largest absolute Gasteiger partial charge is 0.254 e. The molecule has 0 atom stereocenters. The highest BCUT2D eigenvalue weighted by Gasteiger charge is 2.21. The Labute approximate surface area is 120 Å². The molecule has 2 nitrogen and oxygen atoms in total. The first-order valence-corrected chi connectivity index (χ1v) is 7.87. The Kier molecular flexibility index (Phi) is 3.02. The maximum Gasteiger partial charge on any atom is 0.0923 e. The normalized spacial score (nSPS) is 17.4. The predicted molar refractivity (Wildman–Crippen MR) is 80.8 cm³/mol. The van der Waals surface area contributed by atoms with Gasteiger partial charge in [-0.2, -0.15) is 0 Å². The molecule has 0 aromatic carbocycles. The summed E-state index contributed by atoms with van der Waals surface area (Å²) in [6.45, 7) is 0. The summed E-state index contributed by atoms with van der Waals surface area (Å²) in [6.07, 6.45) is 13.9. The molecule has 2 aromatic heterocycles. The lowest BCUT2D eigenvalue weighted by Crippen LogP contribution is -2.10. The van der Waals surface area contributed by atoms with Crippen molar-refractivity contribution in [1.29, 1.82) is 0 Å². The SMILES string of the molecule is c1cc2c(c(-c3nccc4c3CCCC4)n1)CCCC2. The van der Waals surface area contributed by atoms with Crippen molar-refractivity contribution in [3.63, 3.8) is 0 Å². The molecule has 2 heteroatoms. The Bertz CT molecular complexity index is 588. The van der Waals surface area contributed by atoms with E-state index in [1.165, 1.54) is 85.0 Å². The molecule has 0 N–H and O–H groups in total. The van der Waals surface area contributed by atoms with Crippen molar-refractivity contribution in [1.82, 2.24) is 9.97 Å². The van der Waals surface area contributed by atoms with E-state index >= 15 is 0 Å². The zero-order chi connectivity index (χ0) is 13.4. The van der Waals surface area contributed by atoms with Gasteiger partial charge in [-0.1, -0.05) is 0 Å². The Morgan fingerprint density at radius 1 is 0.600 bits per heavy atom. The van der Waals surface area contributed by atoms with Crippen LogP contribution in [-0.2, 0) is 25.7 Å². The van der Waals surface area contributed by atoms with Crippen LogP contribution in [0.25, 0.3) is 11.4 Å². The number of nitrogens with zero attached hydrogens (tertiary/aromatic N) is 2. The first kappa shape index (κ1) is 12.1. The first-order chi connectivity index (χ1) is 9.93. The highest BCUT2D eigenvalue weighted by molar-refractivity contribution is 5.66. The zero-order valence-corrected chi connectivity index (χ0v) is 11.9. The van der Waals surface area contributed by atoms with E-state index in [1.807, 2.05) is 12.4 Å². The Hall–Kier alpha value is -1.70. The number of aromatic nitrogens is 2. The van der Waals surface area contributed by atoms with Crippen LogP contribution < -0.4 is 0 Å². The van der Waals surface area contributed by atoms with Gasteiger partial charge < -0.3 is 0 Å². The molecular formula is C18H20N2. The summed E-state index contributed by atoms with van der Waals surface area (Å²) in [5.74, 6) is 0. The van der Waals surface area contributed by atoms with Gasteiger partial charge in [-0.05, 0) is 85.8 Å². The molecule has 0 fully saturated rings. The summed E-state index contributed by atoms with van der Waals surface area (Å²) in [5.41, 5.74) is 8.25. The Morgan fingerprint density at radius 3 is 1.55 bits per heavy atom. The summed E-state index contributed by atoms with van der Waals surface area (Å²) in [4.78, 5) is 9.42. The summed E-state index contributed by atoms with van der Waals surface area (Å²) in [6, 6.07) is 4.40. The lowest BCUT2D eigenvalue weighted by molar-refractivity contribution is 0.676. The summed E-state index contributed by atoms with van der Waals surface area (Å²) in [5, 5.41) is 0. The van der Waals surface area contributed by atoms with Gasteiger partial charge >= 0.3 is 0 Å². The predicted octanol–water partition coefficient (Wildman–Crippen LogP) is 3.90. The summed E-state index contributed by atoms with van der Waals surface area (Å²) >= 11 is 0. The maximum atomic E-state index is 4.71. The van der Waals surface area contributed by atoms with Crippen LogP contribution in [0.1, 0.15) is 47.9 Å². The summed E-state index contributed by atoms with van der Waals surface area (Å²) < 4.78 is 0. The van der Waals surface area contributed by atoms with Gasteiger partial charge in [-0.25, -0.2) is 0 Å². The molecule has 0 radical (unpaired) electrons. The lowest BCUT2D eigenvalue weighted by atomic mass is 9.86. The smallest absolute Gasteiger partial charge is 0.0923 e. The van der Waals surface area contributed by atoms with E-state index in [0.717, 1.165) is 0 Å². The molecular weight excluding hydrogens is 244 g/mol. The van der Waals surface area contributed by atoms with E-state index in [-0.39, 0.29) is 0 Å². The molecule has 0 aliphatic heterocycles. The average Bonchev–Trinajstić information content (AvgIpc) is 2.54. The van der Waals surface area contributed by atoms with Crippen LogP contribution in [0.15, 0.2) is 24.5 Å². The topological polar surface area (TPSA) is 25.8 Å². The molecule has 0 saturated carbocycles. The van der Waals surface area contributed by atoms with Gasteiger partial charge in [-0.15, -0.1) is 0 Å². The third kappa shape index (κ3) is 1.94. The van der Waals surface area contributed by atoms with Gasteiger partial charge in [0.05, 0.1) is 11.4 Å². The minimum absolute atomic E-state index is 1.17. The Morgan fingerprint density at radius 2 is 1.05 bits per heavy atom. The monoisotopic (exact) mass is 264 g/mol. The van der Waals surface area contributed by atoms with Gasteiger partial charge in [0.2, 0.25) is 0 Å². The molecule has 0 saturated heterocycles. The van der Waals surface area contributed by atoms with Crippen LogP contribution in [0.2, 0.25) is 0 Å². The molecule has 20 heavy (non-hydrogen) atoms. The van der Waals surface area contributed by atoms with Crippen molar-refractivity contribution >= 4 is 0 Å².